The Labute approximate surface area is 176 Å². The number of carbonyl (C=O) groups excluding carboxylic acids is 1. The lowest BCUT2D eigenvalue weighted by atomic mass is 10.3. The zero-order valence-electron chi connectivity index (χ0n) is 18.5. The van der Waals surface area contributed by atoms with Crippen molar-refractivity contribution in [1.29, 1.82) is 0 Å². The Kier molecular flexibility index (Phi) is 7.09. The topological polar surface area (TPSA) is 99.5 Å². The molecule has 0 bridgehead atoms. The number of aromatic amines is 1. The van der Waals surface area contributed by atoms with Gasteiger partial charge >= 0.3 is 5.69 Å². The van der Waals surface area contributed by atoms with E-state index in [9.17, 15) is 14.4 Å². The fourth-order valence-corrected chi connectivity index (χ4v) is 3.83. The normalized spacial score (nSPS) is 16.1. The summed E-state index contributed by atoms with van der Waals surface area (Å²) < 4.78 is 3.37. The average molecular weight is 420 g/mol. The minimum Gasteiger partial charge on any atom is -0.348 e. The van der Waals surface area contributed by atoms with E-state index in [1.807, 2.05) is 7.05 Å². The number of hydrogen-bond acceptors (Lipinski definition) is 6. The molecule has 3 rings (SSSR count). The molecule has 0 radical (unpaired) electrons. The Balaban J connectivity index is 1.78. The summed E-state index contributed by atoms with van der Waals surface area (Å²) in [6, 6.07) is 0. The zero-order valence-corrected chi connectivity index (χ0v) is 18.5. The minimum absolute atomic E-state index is 0.114. The van der Waals surface area contributed by atoms with E-state index in [2.05, 4.69) is 21.7 Å². The van der Waals surface area contributed by atoms with Gasteiger partial charge in [0, 0.05) is 40.8 Å². The number of H-pyrrole nitrogens is 1. The number of aromatic nitrogens is 4. The number of amides is 1. The third-order valence-electron chi connectivity index (χ3n) is 5.74. The predicted molar refractivity (Wildman–Crippen MR) is 116 cm³/mol. The molecular weight excluding hydrogens is 386 g/mol. The van der Waals surface area contributed by atoms with Crippen LogP contribution in [0.3, 0.4) is 0 Å². The number of hydrogen-bond donors (Lipinski definition) is 1. The number of aryl methyl sites for hydroxylation is 2. The molecule has 1 amide bonds. The van der Waals surface area contributed by atoms with Crippen LogP contribution in [0.4, 0.5) is 0 Å². The van der Waals surface area contributed by atoms with Crippen LogP contribution in [0.15, 0.2) is 9.59 Å². The molecule has 1 saturated heterocycles. The summed E-state index contributed by atoms with van der Waals surface area (Å²) in [5.74, 6) is 0.882. The van der Waals surface area contributed by atoms with E-state index >= 15 is 0 Å². The van der Waals surface area contributed by atoms with Gasteiger partial charge in [-0.05, 0) is 25.9 Å². The molecule has 1 aliphatic rings. The first kappa shape index (κ1) is 22.2. The lowest BCUT2D eigenvalue weighted by Crippen LogP contribution is -2.38. The van der Waals surface area contributed by atoms with Gasteiger partial charge in [-0.2, -0.15) is 0 Å². The fourth-order valence-electron chi connectivity index (χ4n) is 3.83. The molecule has 2 aromatic rings. The van der Waals surface area contributed by atoms with Gasteiger partial charge in [0.25, 0.3) is 5.56 Å². The maximum atomic E-state index is 12.4. The zero-order chi connectivity index (χ0) is 21.8. The molecule has 10 heteroatoms. The van der Waals surface area contributed by atoms with Crippen LogP contribution < -0.4 is 11.2 Å². The van der Waals surface area contributed by atoms with Crippen LogP contribution in [0.25, 0.3) is 11.2 Å². The Morgan fingerprint density at radius 1 is 1.13 bits per heavy atom. The number of likely N-dealkylation sites (N-methyl/N-ethyl adjacent to an activating group) is 1. The number of fused-ring (bicyclic) bond motifs is 1. The van der Waals surface area contributed by atoms with Gasteiger partial charge in [-0.3, -0.25) is 28.9 Å². The van der Waals surface area contributed by atoms with Crippen LogP contribution in [0, 0.1) is 0 Å². The number of nitrogens with one attached hydrogen (secondary N) is 1. The van der Waals surface area contributed by atoms with Crippen molar-refractivity contribution in [3.63, 3.8) is 0 Å². The molecule has 0 unspecified atom stereocenters. The molecule has 30 heavy (non-hydrogen) atoms. The summed E-state index contributed by atoms with van der Waals surface area (Å²) in [6.07, 6.45) is 2.76. The first-order valence-corrected chi connectivity index (χ1v) is 10.6. The van der Waals surface area contributed by atoms with Crippen molar-refractivity contribution in [3.05, 3.63) is 26.7 Å². The van der Waals surface area contributed by atoms with Crippen LogP contribution in [0.2, 0.25) is 0 Å². The average Bonchev–Trinajstić information content (AvgIpc) is 2.86. The standard InChI is InChI=1S/C20H33N7O3/c1-5-6-10-27-18-17(19(29)22-20(27)30)24(4)15(21-18)13-25-8-7-9-26(12-11-25)14-16(28)23(2)3/h5-14H2,1-4H3,(H,22,29,30). The molecular formula is C20H33N7O3. The van der Waals surface area contributed by atoms with Crippen LogP contribution in [0.5, 0.6) is 0 Å². The summed E-state index contributed by atoms with van der Waals surface area (Å²) in [7, 11) is 5.38. The Bertz CT molecular complexity index is 1000. The summed E-state index contributed by atoms with van der Waals surface area (Å²) in [6.45, 7) is 7.05. The molecule has 10 nitrogen and oxygen atoms in total. The van der Waals surface area contributed by atoms with E-state index in [1.165, 1.54) is 0 Å². The van der Waals surface area contributed by atoms with Crippen molar-refractivity contribution in [1.82, 2.24) is 33.8 Å². The van der Waals surface area contributed by atoms with Crippen LogP contribution in [-0.2, 0) is 24.9 Å². The third-order valence-corrected chi connectivity index (χ3v) is 5.74. The van der Waals surface area contributed by atoms with E-state index in [1.54, 1.807) is 28.1 Å². The second-order valence-electron chi connectivity index (χ2n) is 8.22. The van der Waals surface area contributed by atoms with E-state index in [4.69, 9.17) is 4.98 Å². The Hall–Kier alpha value is -2.46. The molecule has 166 valence electrons. The maximum absolute atomic E-state index is 12.4. The number of unbranched alkanes of at least 4 members (excludes halogenated alkanes) is 1. The molecule has 0 spiro atoms. The first-order valence-electron chi connectivity index (χ1n) is 10.6. The summed E-state index contributed by atoms with van der Waals surface area (Å²) >= 11 is 0. The highest BCUT2D eigenvalue weighted by molar-refractivity contribution is 5.77. The summed E-state index contributed by atoms with van der Waals surface area (Å²) in [5, 5.41) is 0. The van der Waals surface area contributed by atoms with Gasteiger partial charge in [0.2, 0.25) is 5.91 Å². The number of rotatable bonds is 7. The molecule has 3 heterocycles. The second kappa shape index (κ2) is 9.57. The largest absolute Gasteiger partial charge is 0.348 e. The van der Waals surface area contributed by atoms with Crippen LogP contribution in [0.1, 0.15) is 32.0 Å². The van der Waals surface area contributed by atoms with Crippen molar-refractivity contribution < 1.29 is 4.79 Å². The van der Waals surface area contributed by atoms with Gasteiger partial charge in [0.15, 0.2) is 11.2 Å². The van der Waals surface area contributed by atoms with E-state index in [0.29, 0.717) is 30.8 Å². The highest BCUT2D eigenvalue weighted by Gasteiger charge is 2.21. The Morgan fingerprint density at radius 3 is 2.53 bits per heavy atom. The van der Waals surface area contributed by atoms with Gasteiger partial charge < -0.3 is 9.47 Å². The van der Waals surface area contributed by atoms with Crippen molar-refractivity contribution in [2.45, 2.75) is 39.3 Å². The van der Waals surface area contributed by atoms with Gasteiger partial charge in [0.1, 0.15) is 5.82 Å². The molecule has 0 saturated carbocycles. The van der Waals surface area contributed by atoms with Crippen molar-refractivity contribution in [2.24, 2.45) is 7.05 Å². The van der Waals surface area contributed by atoms with E-state index in [0.717, 1.165) is 51.3 Å². The molecule has 2 aromatic heterocycles. The van der Waals surface area contributed by atoms with Gasteiger partial charge in [-0.25, -0.2) is 9.78 Å². The molecule has 0 atom stereocenters. The Morgan fingerprint density at radius 2 is 1.83 bits per heavy atom. The monoisotopic (exact) mass is 419 g/mol. The van der Waals surface area contributed by atoms with E-state index in [-0.39, 0.29) is 5.91 Å². The lowest BCUT2D eigenvalue weighted by molar-refractivity contribution is -0.129. The van der Waals surface area contributed by atoms with E-state index < -0.39 is 11.2 Å². The third kappa shape index (κ3) is 4.81. The number of nitrogens with zero attached hydrogens (tertiary/aromatic N) is 6. The highest BCUT2D eigenvalue weighted by atomic mass is 16.2. The smallest absolute Gasteiger partial charge is 0.330 e. The number of carbonyl (C=O) groups is 1. The fraction of sp³-hybridized carbons (Fsp3) is 0.700. The quantitative estimate of drug-likeness (QED) is 0.668. The van der Waals surface area contributed by atoms with Crippen molar-refractivity contribution in [3.8, 4) is 0 Å². The molecule has 0 aromatic carbocycles. The molecule has 1 aliphatic heterocycles. The summed E-state index contributed by atoms with van der Waals surface area (Å²) in [5.41, 5.74) is 0.103. The highest BCUT2D eigenvalue weighted by Crippen LogP contribution is 2.14. The maximum Gasteiger partial charge on any atom is 0.330 e. The summed E-state index contributed by atoms with van der Waals surface area (Å²) in [4.78, 5) is 49.9. The van der Waals surface area contributed by atoms with Gasteiger partial charge in [-0.1, -0.05) is 13.3 Å². The van der Waals surface area contributed by atoms with Crippen molar-refractivity contribution >= 4 is 17.1 Å². The number of imidazole rings is 1. The van der Waals surface area contributed by atoms with Gasteiger partial charge in [0.05, 0.1) is 13.1 Å². The first-order chi connectivity index (χ1) is 14.3. The molecule has 1 fully saturated rings. The van der Waals surface area contributed by atoms with Crippen molar-refractivity contribution in [2.75, 3.05) is 46.8 Å². The second-order valence-corrected chi connectivity index (χ2v) is 8.22. The SMILES string of the molecule is CCCCn1c(=O)[nH]c(=O)c2c1nc(CN1CCCN(CC(=O)N(C)C)CC1)n2C. The molecule has 1 N–H and O–H groups in total. The van der Waals surface area contributed by atoms with Crippen LogP contribution in [-0.4, -0.2) is 86.5 Å². The lowest BCUT2D eigenvalue weighted by Gasteiger charge is -2.22. The predicted octanol–water partition coefficient (Wildman–Crippen LogP) is -0.181. The van der Waals surface area contributed by atoms with Crippen LogP contribution >= 0.6 is 0 Å². The van der Waals surface area contributed by atoms with Gasteiger partial charge in [-0.15, -0.1) is 0 Å². The molecule has 0 aliphatic carbocycles. The minimum atomic E-state index is -0.401.